The Morgan fingerprint density at radius 1 is 0.594 bits per heavy atom. The quantitative estimate of drug-likeness (QED) is 0.0952. The second kappa shape index (κ2) is 32.4. The van der Waals surface area contributed by atoms with E-state index in [1.54, 1.807) is 0 Å². The summed E-state index contributed by atoms with van der Waals surface area (Å²) < 4.78 is 4.62. The molecule has 0 radical (unpaired) electrons. The van der Waals surface area contributed by atoms with Crippen LogP contribution < -0.4 is 5.73 Å². The number of hydrogen-bond donors (Lipinski definition) is 1. The monoisotopic (exact) mass is 453 g/mol. The van der Waals surface area contributed by atoms with Crippen molar-refractivity contribution in [2.24, 2.45) is 5.73 Å². The molecule has 32 heavy (non-hydrogen) atoms. The normalized spacial score (nSPS) is 10.9. The Bertz CT molecular complexity index is 360. The molecular formula is C29H59NO2. The lowest BCUT2D eigenvalue weighted by atomic mass is 10.1. The highest BCUT2D eigenvalue weighted by atomic mass is 16.5. The van der Waals surface area contributed by atoms with Gasteiger partial charge in [0.25, 0.3) is 0 Å². The fourth-order valence-electron chi connectivity index (χ4n) is 3.72. The second-order valence-electron chi connectivity index (χ2n) is 9.17. The number of hydrogen-bond acceptors (Lipinski definition) is 3. The first kappa shape index (κ1) is 33.3. The number of nitrogens with two attached hydrogens (primary N) is 1. The summed E-state index contributed by atoms with van der Waals surface area (Å²) in [6.07, 6.45) is 33.0. The van der Waals surface area contributed by atoms with Crippen LogP contribution in [0, 0.1) is 0 Å². The van der Waals surface area contributed by atoms with Gasteiger partial charge in [-0.1, -0.05) is 122 Å². The Labute approximate surface area is 202 Å². The summed E-state index contributed by atoms with van der Waals surface area (Å²) in [4.78, 5) is 10.9. The molecule has 0 saturated carbocycles. The van der Waals surface area contributed by atoms with Crippen LogP contribution in [-0.4, -0.2) is 19.6 Å². The molecule has 0 aliphatic carbocycles. The van der Waals surface area contributed by atoms with Crippen LogP contribution in [0.1, 0.15) is 155 Å². The zero-order chi connectivity index (χ0) is 24.0. The number of carbonyl (C=O) groups excluding carboxylic acids is 1. The maximum Gasteiger partial charge on any atom is 0.305 e. The fourth-order valence-corrected chi connectivity index (χ4v) is 3.72. The molecule has 0 saturated heterocycles. The van der Waals surface area contributed by atoms with E-state index in [4.69, 9.17) is 5.73 Å². The van der Waals surface area contributed by atoms with E-state index < -0.39 is 0 Å². The molecule has 0 atom stereocenters. The van der Waals surface area contributed by atoms with E-state index in [1.165, 1.54) is 129 Å². The van der Waals surface area contributed by atoms with Crippen LogP contribution in [0.25, 0.3) is 0 Å². The highest BCUT2D eigenvalue weighted by Gasteiger charge is 1.98. The van der Waals surface area contributed by atoms with Crippen molar-refractivity contribution >= 4 is 5.97 Å². The third-order valence-corrected chi connectivity index (χ3v) is 5.93. The number of allylic oxidation sites excluding steroid dienone is 2. The molecule has 0 heterocycles. The van der Waals surface area contributed by atoms with E-state index >= 15 is 0 Å². The molecule has 3 nitrogen and oxygen atoms in total. The fraction of sp³-hybridized carbons (Fsp3) is 0.897. The van der Waals surface area contributed by atoms with Crippen molar-refractivity contribution in [3.8, 4) is 0 Å². The summed E-state index contributed by atoms with van der Waals surface area (Å²) in [6.45, 7) is 5.39. The molecule has 3 heteroatoms. The van der Waals surface area contributed by atoms with Gasteiger partial charge < -0.3 is 10.5 Å². The molecule has 0 spiro atoms. The van der Waals surface area contributed by atoms with Crippen LogP contribution >= 0.6 is 0 Å². The van der Waals surface area contributed by atoms with Gasteiger partial charge in [-0.15, -0.1) is 0 Å². The molecule has 2 N–H and O–H groups in total. The largest absolute Gasteiger partial charge is 0.469 e. The molecule has 0 aromatic heterocycles. The van der Waals surface area contributed by atoms with Gasteiger partial charge in [0.15, 0.2) is 0 Å². The van der Waals surface area contributed by atoms with Crippen molar-refractivity contribution in [3.63, 3.8) is 0 Å². The molecule has 0 aromatic carbocycles. The number of carbonyl (C=O) groups is 1. The van der Waals surface area contributed by atoms with Crippen LogP contribution in [0.2, 0.25) is 0 Å². The zero-order valence-electron chi connectivity index (χ0n) is 22.3. The van der Waals surface area contributed by atoms with Crippen molar-refractivity contribution < 1.29 is 9.53 Å². The molecule has 0 aliphatic heterocycles. The Kier molecular flexibility index (Phi) is 33.7. The van der Waals surface area contributed by atoms with E-state index in [-0.39, 0.29) is 5.97 Å². The SMILES string of the molecule is CCCCCCCC/C=C\CCCCCCCC(=O)OC.CCCCCCCCCCN. The standard InChI is InChI=1S/C19H36O2.C10H23N/c1-3-4-5-6-7-8-9-10-11-12-13-14-15-16-17-18-19(20)21-2;1-2-3-4-5-6-7-8-9-10-11/h10-11H,3-9,12-18H2,1-2H3;2-11H2,1H3/b11-10-;. The van der Waals surface area contributed by atoms with Crippen molar-refractivity contribution in [2.45, 2.75) is 155 Å². The van der Waals surface area contributed by atoms with Gasteiger partial charge in [0.05, 0.1) is 7.11 Å². The van der Waals surface area contributed by atoms with Gasteiger partial charge >= 0.3 is 5.97 Å². The first-order valence-corrected chi connectivity index (χ1v) is 14.1. The average Bonchev–Trinajstić information content (AvgIpc) is 2.81. The third kappa shape index (κ3) is 33.8. The Morgan fingerprint density at radius 2 is 0.969 bits per heavy atom. The molecule has 0 unspecified atom stereocenters. The smallest absolute Gasteiger partial charge is 0.305 e. The zero-order valence-corrected chi connectivity index (χ0v) is 22.3. The first-order chi connectivity index (χ1) is 15.7. The van der Waals surface area contributed by atoms with Gasteiger partial charge in [0.1, 0.15) is 0 Å². The summed E-state index contributed by atoms with van der Waals surface area (Å²) in [5.41, 5.74) is 5.39. The summed E-state index contributed by atoms with van der Waals surface area (Å²) in [5.74, 6) is -0.0763. The molecule has 192 valence electrons. The molecule has 0 aromatic rings. The topological polar surface area (TPSA) is 52.3 Å². The molecule has 0 amide bonds. The predicted molar refractivity (Wildman–Crippen MR) is 143 cm³/mol. The minimum Gasteiger partial charge on any atom is -0.469 e. The summed E-state index contributed by atoms with van der Waals surface area (Å²) in [6, 6.07) is 0. The van der Waals surface area contributed by atoms with E-state index in [2.05, 4.69) is 30.7 Å². The van der Waals surface area contributed by atoms with Gasteiger partial charge in [-0.3, -0.25) is 4.79 Å². The number of esters is 1. The molecule has 0 aliphatic rings. The Balaban J connectivity index is 0. The lowest BCUT2D eigenvalue weighted by molar-refractivity contribution is -0.140. The minimum atomic E-state index is -0.0763. The summed E-state index contributed by atoms with van der Waals surface area (Å²) in [7, 11) is 1.46. The summed E-state index contributed by atoms with van der Waals surface area (Å²) in [5, 5.41) is 0. The average molecular weight is 454 g/mol. The van der Waals surface area contributed by atoms with Crippen molar-refractivity contribution in [1.29, 1.82) is 0 Å². The number of methoxy groups -OCH3 is 1. The molecule has 0 bridgehead atoms. The minimum absolute atomic E-state index is 0.0763. The van der Waals surface area contributed by atoms with Crippen molar-refractivity contribution in [3.05, 3.63) is 12.2 Å². The second-order valence-corrected chi connectivity index (χ2v) is 9.17. The van der Waals surface area contributed by atoms with E-state index in [1.807, 2.05) is 0 Å². The Hall–Kier alpha value is -0.830. The van der Waals surface area contributed by atoms with E-state index in [0.29, 0.717) is 6.42 Å². The predicted octanol–water partition coefficient (Wildman–Crippen LogP) is 9.28. The molecular weight excluding hydrogens is 394 g/mol. The first-order valence-electron chi connectivity index (χ1n) is 14.1. The maximum atomic E-state index is 10.9. The molecule has 0 rings (SSSR count). The van der Waals surface area contributed by atoms with Crippen LogP contribution in [0.4, 0.5) is 0 Å². The van der Waals surface area contributed by atoms with Crippen LogP contribution in [0.15, 0.2) is 12.2 Å². The highest BCUT2D eigenvalue weighted by molar-refractivity contribution is 5.68. The molecule has 0 fully saturated rings. The highest BCUT2D eigenvalue weighted by Crippen LogP contribution is 2.10. The maximum absolute atomic E-state index is 10.9. The van der Waals surface area contributed by atoms with Crippen LogP contribution in [0.3, 0.4) is 0 Å². The van der Waals surface area contributed by atoms with Gasteiger partial charge in [-0.25, -0.2) is 0 Å². The number of unbranched alkanes of at least 4 members (excludes halogenated alkanes) is 18. The number of ether oxygens (including phenoxy) is 1. The Morgan fingerprint density at radius 3 is 1.38 bits per heavy atom. The van der Waals surface area contributed by atoms with Gasteiger partial charge in [0.2, 0.25) is 0 Å². The third-order valence-electron chi connectivity index (χ3n) is 5.93. The van der Waals surface area contributed by atoms with E-state index in [9.17, 15) is 4.79 Å². The van der Waals surface area contributed by atoms with E-state index in [0.717, 1.165) is 19.4 Å². The van der Waals surface area contributed by atoms with Crippen LogP contribution in [-0.2, 0) is 9.53 Å². The van der Waals surface area contributed by atoms with Crippen molar-refractivity contribution in [2.75, 3.05) is 13.7 Å². The van der Waals surface area contributed by atoms with Crippen LogP contribution in [0.5, 0.6) is 0 Å². The van der Waals surface area contributed by atoms with Gasteiger partial charge in [-0.05, 0) is 45.1 Å². The summed E-state index contributed by atoms with van der Waals surface area (Å²) >= 11 is 0. The van der Waals surface area contributed by atoms with Gasteiger partial charge in [-0.2, -0.15) is 0 Å². The van der Waals surface area contributed by atoms with Crippen molar-refractivity contribution in [1.82, 2.24) is 0 Å². The van der Waals surface area contributed by atoms with Gasteiger partial charge in [0, 0.05) is 6.42 Å². The number of rotatable bonds is 23. The lowest BCUT2D eigenvalue weighted by Gasteiger charge is -2.00. The lowest BCUT2D eigenvalue weighted by Crippen LogP contribution is -1.98.